The van der Waals surface area contributed by atoms with E-state index < -0.39 is 0 Å². The molecule has 2 aromatic rings. The lowest BCUT2D eigenvalue weighted by atomic mass is 9.92. The molecule has 29 heavy (non-hydrogen) atoms. The fourth-order valence-electron chi connectivity index (χ4n) is 4.07. The quantitative estimate of drug-likeness (QED) is 0.764. The number of hydrogen-bond acceptors (Lipinski definition) is 7. The molecule has 8 nitrogen and oxygen atoms in total. The van der Waals surface area contributed by atoms with Crippen molar-refractivity contribution in [2.24, 2.45) is 5.92 Å². The molecule has 0 saturated carbocycles. The Morgan fingerprint density at radius 1 is 1.00 bits per heavy atom. The van der Waals surface area contributed by atoms with E-state index in [0.29, 0.717) is 18.3 Å². The van der Waals surface area contributed by atoms with Crippen LogP contribution in [0.15, 0.2) is 24.3 Å². The maximum absolute atomic E-state index is 12.8. The minimum absolute atomic E-state index is 0.245. The van der Waals surface area contributed by atoms with Gasteiger partial charge in [0.1, 0.15) is 0 Å². The average molecular weight is 397 g/mol. The zero-order valence-corrected chi connectivity index (χ0v) is 17.0. The van der Waals surface area contributed by atoms with Crippen molar-refractivity contribution >= 4 is 11.9 Å². The van der Waals surface area contributed by atoms with Crippen molar-refractivity contribution in [2.45, 2.75) is 32.2 Å². The summed E-state index contributed by atoms with van der Waals surface area (Å²) in [6, 6.07) is 8.90. The summed E-state index contributed by atoms with van der Waals surface area (Å²) in [7, 11) is 3.05. The van der Waals surface area contributed by atoms with E-state index in [9.17, 15) is 4.79 Å². The number of rotatable bonds is 5. The summed E-state index contributed by atoms with van der Waals surface area (Å²) >= 11 is 0. The van der Waals surface area contributed by atoms with Gasteiger partial charge in [0, 0.05) is 32.6 Å². The van der Waals surface area contributed by atoms with Crippen molar-refractivity contribution < 1.29 is 14.3 Å². The SMILES string of the molecule is COc1nc(OC)nc(N2CCC(CC(=O)N3CCc4ccccc4C3)CC2)n1. The van der Waals surface area contributed by atoms with E-state index in [0.717, 1.165) is 45.4 Å². The molecule has 1 aromatic heterocycles. The summed E-state index contributed by atoms with van der Waals surface area (Å²) in [6.07, 6.45) is 3.43. The summed E-state index contributed by atoms with van der Waals surface area (Å²) in [6.45, 7) is 3.16. The standard InChI is InChI=1S/C21H27N5O3/c1-28-20-22-19(23-21(24-20)29-2)25-10-7-15(8-11-25)13-18(27)26-12-9-16-5-3-4-6-17(16)14-26/h3-6,15H,7-14H2,1-2H3. The molecule has 0 N–H and O–H groups in total. The average Bonchev–Trinajstić information content (AvgIpc) is 2.78. The molecule has 0 radical (unpaired) electrons. The minimum Gasteiger partial charge on any atom is -0.467 e. The third kappa shape index (κ3) is 4.41. The van der Waals surface area contributed by atoms with E-state index in [1.165, 1.54) is 25.3 Å². The van der Waals surface area contributed by atoms with Crippen LogP contribution in [0.4, 0.5) is 5.95 Å². The first-order valence-electron chi connectivity index (χ1n) is 10.1. The van der Waals surface area contributed by atoms with Crippen LogP contribution in [0.2, 0.25) is 0 Å². The van der Waals surface area contributed by atoms with Gasteiger partial charge in [-0.15, -0.1) is 4.98 Å². The highest BCUT2D eigenvalue weighted by Crippen LogP contribution is 2.27. The van der Waals surface area contributed by atoms with Crippen LogP contribution in [0.3, 0.4) is 0 Å². The fourth-order valence-corrected chi connectivity index (χ4v) is 4.07. The lowest BCUT2D eigenvalue weighted by Crippen LogP contribution is -2.39. The van der Waals surface area contributed by atoms with Gasteiger partial charge in [0.05, 0.1) is 14.2 Å². The minimum atomic E-state index is 0.245. The first-order valence-corrected chi connectivity index (χ1v) is 10.1. The second kappa shape index (κ2) is 8.63. The number of nitrogens with zero attached hydrogens (tertiary/aromatic N) is 5. The Kier molecular flexibility index (Phi) is 5.78. The Morgan fingerprint density at radius 2 is 1.66 bits per heavy atom. The highest BCUT2D eigenvalue weighted by atomic mass is 16.5. The number of anilines is 1. The maximum Gasteiger partial charge on any atom is 0.324 e. The number of amides is 1. The summed E-state index contributed by atoms with van der Waals surface area (Å²) in [4.78, 5) is 29.7. The molecule has 1 amide bonds. The largest absolute Gasteiger partial charge is 0.467 e. The fraction of sp³-hybridized carbons (Fsp3) is 0.524. The molecule has 8 heteroatoms. The third-order valence-corrected chi connectivity index (χ3v) is 5.79. The molecular weight excluding hydrogens is 370 g/mol. The second-order valence-electron chi connectivity index (χ2n) is 7.58. The zero-order valence-electron chi connectivity index (χ0n) is 17.0. The highest BCUT2D eigenvalue weighted by Gasteiger charge is 2.27. The van der Waals surface area contributed by atoms with Crippen LogP contribution in [0.5, 0.6) is 12.0 Å². The molecule has 2 aliphatic heterocycles. The van der Waals surface area contributed by atoms with Gasteiger partial charge in [-0.25, -0.2) is 0 Å². The monoisotopic (exact) mass is 397 g/mol. The lowest BCUT2D eigenvalue weighted by Gasteiger charge is -2.34. The van der Waals surface area contributed by atoms with Crippen LogP contribution in [0.25, 0.3) is 0 Å². The van der Waals surface area contributed by atoms with Gasteiger partial charge in [-0.2, -0.15) is 9.97 Å². The van der Waals surface area contributed by atoms with Gasteiger partial charge in [-0.1, -0.05) is 24.3 Å². The molecule has 0 unspecified atom stereocenters. The molecule has 1 fully saturated rings. The number of piperidine rings is 1. The van der Waals surface area contributed by atoms with E-state index in [2.05, 4.69) is 38.1 Å². The first-order chi connectivity index (χ1) is 14.2. The van der Waals surface area contributed by atoms with Gasteiger partial charge in [0.25, 0.3) is 0 Å². The van der Waals surface area contributed by atoms with E-state index in [1.54, 1.807) is 0 Å². The van der Waals surface area contributed by atoms with Crippen LogP contribution in [0.1, 0.15) is 30.4 Å². The molecular formula is C21H27N5O3. The van der Waals surface area contributed by atoms with E-state index >= 15 is 0 Å². The molecule has 4 rings (SSSR count). The van der Waals surface area contributed by atoms with Crippen LogP contribution in [0, 0.1) is 5.92 Å². The van der Waals surface area contributed by atoms with Crippen LogP contribution in [-0.4, -0.2) is 59.6 Å². The molecule has 154 valence electrons. The summed E-state index contributed by atoms with van der Waals surface area (Å²) in [5.41, 5.74) is 2.65. The van der Waals surface area contributed by atoms with Crippen molar-refractivity contribution in [1.82, 2.24) is 19.9 Å². The Hall–Kier alpha value is -2.90. The Morgan fingerprint density at radius 3 is 2.31 bits per heavy atom. The number of aromatic nitrogens is 3. The summed E-state index contributed by atoms with van der Waals surface area (Å²) in [5.74, 6) is 1.22. The van der Waals surface area contributed by atoms with Gasteiger partial charge in [-0.3, -0.25) is 4.79 Å². The number of carbonyl (C=O) groups is 1. The van der Waals surface area contributed by atoms with E-state index in [1.807, 2.05) is 11.0 Å². The molecule has 0 bridgehead atoms. The van der Waals surface area contributed by atoms with Crippen LogP contribution in [-0.2, 0) is 17.8 Å². The predicted octanol–water partition coefficient (Wildman–Crippen LogP) is 2.08. The Bertz CT molecular complexity index is 845. The van der Waals surface area contributed by atoms with Crippen molar-refractivity contribution in [3.05, 3.63) is 35.4 Å². The molecule has 1 aromatic carbocycles. The van der Waals surface area contributed by atoms with E-state index in [4.69, 9.17) is 9.47 Å². The molecule has 0 aliphatic carbocycles. The van der Waals surface area contributed by atoms with Crippen molar-refractivity contribution in [3.8, 4) is 12.0 Å². The number of fused-ring (bicyclic) bond motifs is 1. The van der Waals surface area contributed by atoms with Gasteiger partial charge in [0.15, 0.2) is 0 Å². The molecule has 3 heterocycles. The summed E-state index contributed by atoms with van der Waals surface area (Å²) < 4.78 is 10.3. The predicted molar refractivity (Wildman–Crippen MR) is 108 cm³/mol. The van der Waals surface area contributed by atoms with Gasteiger partial charge in [-0.05, 0) is 36.3 Å². The van der Waals surface area contributed by atoms with Crippen molar-refractivity contribution in [3.63, 3.8) is 0 Å². The highest BCUT2D eigenvalue weighted by molar-refractivity contribution is 5.76. The number of hydrogen-bond donors (Lipinski definition) is 0. The normalized spacial score (nSPS) is 17.0. The first kappa shape index (κ1) is 19.4. The van der Waals surface area contributed by atoms with Crippen LogP contribution >= 0.6 is 0 Å². The van der Waals surface area contributed by atoms with Gasteiger partial charge in [0.2, 0.25) is 11.9 Å². The Labute approximate surface area is 170 Å². The second-order valence-corrected chi connectivity index (χ2v) is 7.58. The summed E-state index contributed by atoms with van der Waals surface area (Å²) in [5, 5.41) is 0. The van der Waals surface area contributed by atoms with Crippen LogP contribution < -0.4 is 14.4 Å². The van der Waals surface area contributed by atoms with E-state index in [-0.39, 0.29) is 17.9 Å². The number of benzene rings is 1. The number of carbonyl (C=O) groups excluding carboxylic acids is 1. The molecule has 0 spiro atoms. The maximum atomic E-state index is 12.8. The zero-order chi connectivity index (χ0) is 20.2. The molecule has 1 saturated heterocycles. The van der Waals surface area contributed by atoms with Gasteiger partial charge < -0.3 is 19.3 Å². The van der Waals surface area contributed by atoms with Gasteiger partial charge >= 0.3 is 12.0 Å². The Balaban J connectivity index is 1.32. The van der Waals surface area contributed by atoms with Crippen molar-refractivity contribution in [1.29, 1.82) is 0 Å². The molecule has 0 atom stereocenters. The smallest absolute Gasteiger partial charge is 0.324 e. The topological polar surface area (TPSA) is 80.7 Å². The molecule has 2 aliphatic rings. The number of ether oxygens (including phenoxy) is 2. The lowest BCUT2D eigenvalue weighted by molar-refractivity contribution is -0.133. The van der Waals surface area contributed by atoms with Crippen molar-refractivity contribution in [2.75, 3.05) is 38.8 Å². The third-order valence-electron chi connectivity index (χ3n) is 5.79. The number of methoxy groups -OCH3 is 2.